The minimum Gasteiger partial charge on any atom is -0.503 e. The van der Waals surface area contributed by atoms with Crippen molar-refractivity contribution in [2.24, 2.45) is 0 Å². The molecule has 262 valence electrons. The number of methoxy groups -OCH3 is 2. The lowest BCUT2D eigenvalue weighted by atomic mass is 9.86. The number of aryl methyl sites for hydroxylation is 1. The highest BCUT2D eigenvalue weighted by molar-refractivity contribution is 6.17. The van der Waals surface area contributed by atoms with Gasteiger partial charge in [-0.25, -0.2) is 24.1 Å². The van der Waals surface area contributed by atoms with E-state index in [9.17, 15) is 19.2 Å². The van der Waals surface area contributed by atoms with Crippen molar-refractivity contribution in [3.63, 3.8) is 0 Å². The van der Waals surface area contributed by atoms with E-state index in [0.717, 1.165) is 11.1 Å². The first-order valence-electron chi connectivity index (χ1n) is 15.6. The number of nitrogens with zero attached hydrogens (tertiary/aromatic N) is 4. The number of hydrogen-bond donors (Lipinski definition) is 0. The van der Waals surface area contributed by atoms with Gasteiger partial charge in [0, 0.05) is 29.1 Å². The zero-order valence-electron chi connectivity index (χ0n) is 29.5. The molecule has 0 saturated carbocycles. The SMILES string of the molecule is CC(=O)Oc1c(C)c(C)nc2c(F)cc(C(C)(C)C)cc12.CO/C=C(/C(=O)OC)c1ccccc1Oc1cc(Oc2ccccc2C#N)ncn1. The van der Waals surface area contributed by atoms with Crippen LogP contribution in [-0.4, -0.2) is 41.1 Å². The number of ether oxygens (including phenoxy) is 5. The molecule has 0 aliphatic heterocycles. The van der Waals surface area contributed by atoms with Gasteiger partial charge >= 0.3 is 11.9 Å². The molecule has 12 heteroatoms. The summed E-state index contributed by atoms with van der Waals surface area (Å²) >= 11 is 0. The van der Waals surface area contributed by atoms with Crippen LogP contribution in [0.2, 0.25) is 0 Å². The molecule has 0 unspecified atom stereocenters. The van der Waals surface area contributed by atoms with Gasteiger partial charge in [0.05, 0.1) is 32.1 Å². The maximum absolute atomic E-state index is 14.4. The van der Waals surface area contributed by atoms with E-state index in [-0.39, 0.29) is 28.3 Å². The number of benzene rings is 3. The Bertz CT molecular complexity index is 2150. The van der Waals surface area contributed by atoms with Gasteiger partial charge in [0.2, 0.25) is 11.8 Å². The van der Waals surface area contributed by atoms with E-state index in [1.165, 1.54) is 45.9 Å². The number of carbonyl (C=O) groups excluding carboxylic acids is 2. The van der Waals surface area contributed by atoms with Crippen LogP contribution >= 0.6 is 0 Å². The lowest BCUT2D eigenvalue weighted by Gasteiger charge is -2.21. The third kappa shape index (κ3) is 9.21. The summed E-state index contributed by atoms with van der Waals surface area (Å²) < 4.78 is 41.1. The van der Waals surface area contributed by atoms with Crippen molar-refractivity contribution in [2.75, 3.05) is 14.2 Å². The van der Waals surface area contributed by atoms with Gasteiger partial charge in [-0.15, -0.1) is 0 Å². The summed E-state index contributed by atoms with van der Waals surface area (Å²) in [5, 5.41) is 9.74. The molecule has 2 aromatic heterocycles. The van der Waals surface area contributed by atoms with E-state index in [1.807, 2.05) is 33.8 Å². The monoisotopic (exact) mass is 692 g/mol. The standard InChI is InChI=1S/C22H17N3O5.C17H20FNO2/c1-27-13-17(22(26)28-2)16-8-4-6-10-19(16)30-21-11-20(24-14-25-21)29-18-9-5-3-7-15(18)12-23;1-9-10(2)19-15-13(16(9)21-11(3)20)7-12(8-14(15)18)17(4,5)6/h3-11,13-14H,1-2H3;7-8H,1-6H3/b17-13+;. The van der Waals surface area contributed by atoms with Crippen LogP contribution in [0.15, 0.2) is 79.3 Å². The summed E-state index contributed by atoms with van der Waals surface area (Å²) in [7, 11) is 2.71. The van der Waals surface area contributed by atoms with Crippen LogP contribution in [0.3, 0.4) is 0 Å². The Morgan fingerprint density at radius 2 is 1.53 bits per heavy atom. The van der Waals surface area contributed by atoms with Crippen molar-refractivity contribution in [1.29, 1.82) is 5.26 Å². The number of esters is 2. The van der Waals surface area contributed by atoms with Gasteiger partial charge in [-0.3, -0.25) is 4.79 Å². The quantitative estimate of drug-likeness (QED) is 0.0880. The molecule has 0 aliphatic rings. The number of aromatic nitrogens is 3. The average Bonchev–Trinajstić information content (AvgIpc) is 3.09. The summed E-state index contributed by atoms with van der Waals surface area (Å²) in [6, 6.07) is 20.6. The summed E-state index contributed by atoms with van der Waals surface area (Å²) in [4.78, 5) is 35.9. The van der Waals surface area contributed by atoms with Crippen LogP contribution in [0.1, 0.15) is 55.6 Å². The molecule has 51 heavy (non-hydrogen) atoms. The second-order valence-electron chi connectivity index (χ2n) is 12.1. The van der Waals surface area contributed by atoms with E-state index in [4.69, 9.17) is 23.7 Å². The lowest BCUT2D eigenvalue weighted by molar-refractivity contribution is -0.134. The predicted octanol–water partition coefficient (Wildman–Crippen LogP) is 8.31. The summed E-state index contributed by atoms with van der Waals surface area (Å²) in [5.74, 6) is 0.0990. The fourth-order valence-electron chi connectivity index (χ4n) is 4.75. The number of halogens is 1. The number of pyridine rings is 1. The van der Waals surface area contributed by atoms with E-state index < -0.39 is 17.8 Å². The number of hydrogen-bond acceptors (Lipinski definition) is 11. The molecule has 0 N–H and O–H groups in total. The first-order valence-corrected chi connectivity index (χ1v) is 15.6. The molecule has 0 radical (unpaired) electrons. The smallest absolute Gasteiger partial charge is 0.341 e. The van der Waals surface area contributed by atoms with Crippen LogP contribution in [0, 0.1) is 31.0 Å². The molecule has 11 nitrogen and oxygen atoms in total. The molecule has 0 spiro atoms. The van der Waals surface area contributed by atoms with Gasteiger partial charge in [0.1, 0.15) is 46.6 Å². The first kappa shape index (κ1) is 37.5. The van der Waals surface area contributed by atoms with E-state index in [0.29, 0.717) is 39.5 Å². The van der Waals surface area contributed by atoms with Crippen molar-refractivity contribution in [1.82, 2.24) is 15.0 Å². The van der Waals surface area contributed by atoms with Crippen molar-refractivity contribution >= 4 is 28.4 Å². The zero-order valence-corrected chi connectivity index (χ0v) is 29.5. The Morgan fingerprint density at radius 3 is 2.14 bits per heavy atom. The van der Waals surface area contributed by atoms with Crippen LogP contribution in [0.25, 0.3) is 16.5 Å². The third-order valence-electron chi connectivity index (χ3n) is 7.45. The first-order chi connectivity index (χ1) is 24.3. The van der Waals surface area contributed by atoms with Gasteiger partial charge in [0.15, 0.2) is 0 Å². The Labute approximate surface area is 295 Å². The maximum Gasteiger partial charge on any atom is 0.341 e. The highest BCUT2D eigenvalue weighted by Crippen LogP contribution is 2.36. The number of fused-ring (bicyclic) bond motifs is 1. The van der Waals surface area contributed by atoms with Crippen molar-refractivity contribution in [3.8, 4) is 35.1 Å². The molecule has 0 fully saturated rings. The highest BCUT2D eigenvalue weighted by atomic mass is 19.1. The topological polar surface area (TPSA) is 143 Å². The van der Waals surface area contributed by atoms with Crippen LogP contribution in [0.4, 0.5) is 4.39 Å². The van der Waals surface area contributed by atoms with Crippen LogP contribution in [0.5, 0.6) is 29.0 Å². The Morgan fingerprint density at radius 1 is 0.902 bits per heavy atom. The number of para-hydroxylation sites is 2. The maximum atomic E-state index is 14.4. The fraction of sp³-hybridized carbons (Fsp3) is 0.231. The second kappa shape index (κ2) is 16.4. The van der Waals surface area contributed by atoms with Crippen molar-refractivity contribution in [2.45, 2.75) is 47.0 Å². The van der Waals surface area contributed by atoms with Gasteiger partial charge in [-0.1, -0.05) is 51.1 Å². The second-order valence-corrected chi connectivity index (χ2v) is 12.1. The number of nitriles is 1. The van der Waals surface area contributed by atoms with E-state index in [1.54, 1.807) is 55.5 Å². The molecule has 5 aromatic rings. The van der Waals surface area contributed by atoms with Crippen LogP contribution < -0.4 is 14.2 Å². The molecule has 0 amide bonds. The number of rotatable bonds is 8. The largest absolute Gasteiger partial charge is 0.503 e. The van der Waals surface area contributed by atoms with Crippen molar-refractivity contribution < 1.29 is 37.7 Å². The molecule has 0 saturated heterocycles. The lowest BCUT2D eigenvalue weighted by Crippen LogP contribution is -2.12. The summed E-state index contributed by atoms with van der Waals surface area (Å²) in [6.45, 7) is 11.0. The molecule has 0 bridgehead atoms. The average molecular weight is 693 g/mol. The normalized spacial score (nSPS) is 11.1. The van der Waals surface area contributed by atoms with Gasteiger partial charge in [0.25, 0.3) is 0 Å². The van der Waals surface area contributed by atoms with Gasteiger partial charge in [-0.05, 0) is 55.2 Å². The highest BCUT2D eigenvalue weighted by Gasteiger charge is 2.22. The molecule has 3 aromatic carbocycles. The molecule has 0 atom stereocenters. The van der Waals surface area contributed by atoms with Gasteiger partial charge in [-0.2, -0.15) is 5.26 Å². The molecule has 2 heterocycles. The third-order valence-corrected chi connectivity index (χ3v) is 7.45. The van der Waals surface area contributed by atoms with Crippen molar-refractivity contribution in [3.05, 3.63) is 113 Å². The molecule has 5 rings (SSSR count). The fourth-order valence-corrected chi connectivity index (χ4v) is 4.75. The van der Waals surface area contributed by atoms with Gasteiger partial charge < -0.3 is 23.7 Å². The van der Waals surface area contributed by atoms with Crippen LogP contribution in [-0.2, 0) is 24.5 Å². The summed E-state index contributed by atoms with van der Waals surface area (Å²) in [5.41, 5.74) is 3.29. The molecule has 0 aliphatic carbocycles. The zero-order chi connectivity index (χ0) is 37.3. The summed E-state index contributed by atoms with van der Waals surface area (Å²) in [6.07, 6.45) is 2.55. The number of carbonyl (C=O) groups is 2. The minimum atomic E-state index is -0.576. The van der Waals surface area contributed by atoms with E-state index in [2.05, 4.69) is 21.0 Å². The predicted molar refractivity (Wildman–Crippen MR) is 188 cm³/mol. The Hall–Kier alpha value is -6.35. The minimum absolute atomic E-state index is 0.184. The Balaban J connectivity index is 0.000000244. The Kier molecular flexibility index (Phi) is 12.0. The van der Waals surface area contributed by atoms with E-state index >= 15 is 0 Å². The molecular formula is C39H37FN4O7. The molecular weight excluding hydrogens is 655 g/mol.